The van der Waals surface area contributed by atoms with Crippen LogP contribution in [-0.2, 0) is 28.8 Å². The van der Waals surface area contributed by atoms with Crippen LogP contribution in [0.25, 0.3) is 0 Å². The molecule has 2 heterocycles. The molecular formula is C20H27N3O3. The summed E-state index contributed by atoms with van der Waals surface area (Å²) in [4.78, 5) is 11.9. The van der Waals surface area contributed by atoms with Gasteiger partial charge >= 0.3 is 0 Å². The lowest BCUT2D eigenvalue weighted by molar-refractivity contribution is -0.121. The van der Waals surface area contributed by atoms with E-state index in [-0.39, 0.29) is 12.0 Å². The average Bonchev–Trinajstić information content (AvgIpc) is 3.34. The summed E-state index contributed by atoms with van der Waals surface area (Å²) in [5.74, 6) is 1.20. The van der Waals surface area contributed by atoms with Crippen molar-refractivity contribution >= 4 is 5.91 Å². The predicted molar refractivity (Wildman–Crippen MR) is 97.7 cm³/mol. The van der Waals surface area contributed by atoms with E-state index >= 15 is 0 Å². The molecule has 6 heteroatoms. The first-order valence-corrected chi connectivity index (χ1v) is 9.53. The van der Waals surface area contributed by atoms with Gasteiger partial charge in [-0.1, -0.05) is 30.3 Å². The number of aryl methyl sites for hydroxylation is 3. The Labute approximate surface area is 154 Å². The summed E-state index contributed by atoms with van der Waals surface area (Å²) >= 11 is 0. The number of aromatic nitrogens is 2. The molecule has 140 valence electrons. The minimum atomic E-state index is 0.00288. The SMILES string of the molecule is O=C(CCc1nnc(CCCCc2ccccc2)o1)NC[C@@H]1CCCO1. The first-order valence-electron chi connectivity index (χ1n) is 9.53. The predicted octanol–water partition coefficient (Wildman–Crippen LogP) is 2.86. The molecule has 1 aliphatic rings. The molecule has 0 saturated carbocycles. The third kappa shape index (κ3) is 6.26. The summed E-state index contributed by atoms with van der Waals surface area (Å²) in [5.41, 5.74) is 1.35. The summed E-state index contributed by atoms with van der Waals surface area (Å²) < 4.78 is 11.1. The van der Waals surface area contributed by atoms with Crippen LogP contribution in [0.2, 0.25) is 0 Å². The Balaban J connectivity index is 1.29. The maximum atomic E-state index is 11.9. The van der Waals surface area contributed by atoms with Gasteiger partial charge in [-0.3, -0.25) is 4.79 Å². The molecule has 0 spiro atoms. The molecule has 1 atom stereocenters. The van der Waals surface area contributed by atoms with E-state index in [1.165, 1.54) is 5.56 Å². The Morgan fingerprint density at radius 3 is 2.62 bits per heavy atom. The normalized spacial score (nSPS) is 16.7. The van der Waals surface area contributed by atoms with Gasteiger partial charge in [-0.25, -0.2) is 0 Å². The molecule has 1 aromatic heterocycles. The molecule has 1 fully saturated rings. The maximum absolute atomic E-state index is 11.9. The highest BCUT2D eigenvalue weighted by atomic mass is 16.5. The highest BCUT2D eigenvalue weighted by Gasteiger charge is 2.16. The lowest BCUT2D eigenvalue weighted by Gasteiger charge is -2.10. The number of nitrogens with zero attached hydrogens (tertiary/aromatic N) is 2. The monoisotopic (exact) mass is 357 g/mol. The van der Waals surface area contributed by atoms with Crippen LogP contribution in [0.5, 0.6) is 0 Å². The van der Waals surface area contributed by atoms with Crippen LogP contribution < -0.4 is 5.32 Å². The van der Waals surface area contributed by atoms with Crippen molar-refractivity contribution in [2.75, 3.05) is 13.2 Å². The molecule has 0 aliphatic carbocycles. The second kappa shape index (κ2) is 10.1. The molecule has 1 saturated heterocycles. The topological polar surface area (TPSA) is 77.2 Å². The smallest absolute Gasteiger partial charge is 0.220 e. The van der Waals surface area contributed by atoms with Crippen LogP contribution in [0.1, 0.15) is 49.4 Å². The van der Waals surface area contributed by atoms with E-state index in [0.717, 1.165) is 45.1 Å². The van der Waals surface area contributed by atoms with E-state index in [9.17, 15) is 4.79 Å². The second-order valence-corrected chi connectivity index (χ2v) is 6.72. The maximum Gasteiger partial charge on any atom is 0.220 e. The number of amides is 1. The van der Waals surface area contributed by atoms with Crippen molar-refractivity contribution in [3.63, 3.8) is 0 Å². The molecule has 0 bridgehead atoms. The van der Waals surface area contributed by atoms with Crippen molar-refractivity contribution in [1.82, 2.24) is 15.5 Å². The lowest BCUT2D eigenvalue weighted by atomic mass is 10.1. The molecule has 3 rings (SSSR count). The first-order chi connectivity index (χ1) is 12.8. The highest BCUT2D eigenvalue weighted by molar-refractivity contribution is 5.76. The van der Waals surface area contributed by atoms with Crippen LogP contribution in [-0.4, -0.2) is 35.4 Å². The fraction of sp³-hybridized carbons (Fsp3) is 0.550. The van der Waals surface area contributed by atoms with E-state index in [1.54, 1.807) is 0 Å². The van der Waals surface area contributed by atoms with Crippen molar-refractivity contribution in [2.24, 2.45) is 0 Å². The third-order valence-corrected chi connectivity index (χ3v) is 4.57. The number of carbonyl (C=O) groups excluding carboxylic acids is 1. The lowest BCUT2D eigenvalue weighted by Crippen LogP contribution is -2.31. The van der Waals surface area contributed by atoms with Gasteiger partial charge < -0.3 is 14.5 Å². The molecule has 1 amide bonds. The van der Waals surface area contributed by atoms with Crippen LogP contribution in [0.4, 0.5) is 0 Å². The molecular weight excluding hydrogens is 330 g/mol. The largest absolute Gasteiger partial charge is 0.425 e. The number of benzene rings is 1. The fourth-order valence-electron chi connectivity index (χ4n) is 3.08. The summed E-state index contributed by atoms with van der Waals surface area (Å²) in [5, 5.41) is 11.0. The Hall–Kier alpha value is -2.21. The molecule has 26 heavy (non-hydrogen) atoms. The number of nitrogens with one attached hydrogen (secondary N) is 1. The highest BCUT2D eigenvalue weighted by Crippen LogP contribution is 2.11. The summed E-state index contributed by atoms with van der Waals surface area (Å²) in [6.45, 7) is 1.39. The summed E-state index contributed by atoms with van der Waals surface area (Å²) in [6.07, 6.45) is 7.07. The molecule has 1 N–H and O–H groups in total. The zero-order valence-corrected chi connectivity index (χ0v) is 15.2. The summed E-state index contributed by atoms with van der Waals surface area (Å²) in [6, 6.07) is 10.5. The first kappa shape index (κ1) is 18.6. The van der Waals surface area contributed by atoms with Gasteiger partial charge in [0, 0.05) is 32.4 Å². The molecule has 6 nitrogen and oxygen atoms in total. The van der Waals surface area contributed by atoms with E-state index in [0.29, 0.717) is 31.2 Å². The zero-order chi connectivity index (χ0) is 18.0. The standard InChI is InChI=1S/C20H27N3O3/c24-18(21-15-17-10-6-14-25-17)12-13-20-23-22-19(26-20)11-5-4-9-16-7-2-1-3-8-16/h1-3,7-8,17H,4-6,9-15H2,(H,21,24)/t17-/m0/s1. The van der Waals surface area contributed by atoms with Crippen LogP contribution in [0, 0.1) is 0 Å². The molecule has 0 radical (unpaired) electrons. The summed E-state index contributed by atoms with van der Waals surface area (Å²) in [7, 11) is 0. The number of ether oxygens (including phenoxy) is 1. The van der Waals surface area contributed by atoms with Gasteiger partial charge in [0.25, 0.3) is 0 Å². The molecule has 1 aliphatic heterocycles. The Kier molecular flexibility index (Phi) is 7.19. The Bertz CT molecular complexity index is 666. The van der Waals surface area contributed by atoms with Crippen molar-refractivity contribution in [2.45, 2.75) is 57.5 Å². The van der Waals surface area contributed by atoms with E-state index < -0.39 is 0 Å². The Morgan fingerprint density at radius 2 is 1.85 bits per heavy atom. The van der Waals surface area contributed by atoms with Gasteiger partial charge in [0.2, 0.25) is 17.7 Å². The minimum absolute atomic E-state index is 0.00288. The van der Waals surface area contributed by atoms with Gasteiger partial charge in [-0.2, -0.15) is 0 Å². The fourth-order valence-corrected chi connectivity index (χ4v) is 3.08. The van der Waals surface area contributed by atoms with Gasteiger partial charge in [0.1, 0.15) is 0 Å². The van der Waals surface area contributed by atoms with Gasteiger partial charge in [-0.05, 0) is 37.7 Å². The van der Waals surface area contributed by atoms with Crippen LogP contribution >= 0.6 is 0 Å². The Morgan fingerprint density at radius 1 is 1.08 bits per heavy atom. The van der Waals surface area contributed by atoms with Crippen molar-refractivity contribution in [3.8, 4) is 0 Å². The van der Waals surface area contributed by atoms with Crippen molar-refractivity contribution in [1.29, 1.82) is 0 Å². The van der Waals surface area contributed by atoms with E-state index in [4.69, 9.17) is 9.15 Å². The third-order valence-electron chi connectivity index (χ3n) is 4.57. The number of unbranched alkanes of at least 4 members (excludes halogenated alkanes) is 1. The average molecular weight is 357 g/mol. The van der Waals surface area contributed by atoms with E-state index in [1.807, 2.05) is 6.07 Å². The number of hydrogen-bond acceptors (Lipinski definition) is 5. The number of rotatable bonds is 10. The second-order valence-electron chi connectivity index (χ2n) is 6.72. The molecule has 2 aromatic rings. The van der Waals surface area contributed by atoms with Gasteiger partial charge in [-0.15, -0.1) is 10.2 Å². The van der Waals surface area contributed by atoms with E-state index in [2.05, 4.69) is 39.8 Å². The van der Waals surface area contributed by atoms with Crippen molar-refractivity contribution < 1.29 is 13.9 Å². The molecule has 1 aromatic carbocycles. The van der Waals surface area contributed by atoms with Gasteiger partial charge in [0.15, 0.2) is 0 Å². The zero-order valence-electron chi connectivity index (χ0n) is 15.2. The minimum Gasteiger partial charge on any atom is -0.425 e. The quantitative estimate of drug-likeness (QED) is 0.662. The molecule has 0 unspecified atom stereocenters. The number of hydrogen-bond donors (Lipinski definition) is 1. The van der Waals surface area contributed by atoms with Crippen LogP contribution in [0.3, 0.4) is 0 Å². The van der Waals surface area contributed by atoms with Gasteiger partial charge in [0.05, 0.1) is 6.10 Å². The van der Waals surface area contributed by atoms with Crippen molar-refractivity contribution in [3.05, 3.63) is 47.7 Å². The van der Waals surface area contributed by atoms with Crippen LogP contribution in [0.15, 0.2) is 34.7 Å². The number of carbonyl (C=O) groups is 1.